The van der Waals surface area contributed by atoms with Crippen LogP contribution in [0.25, 0.3) is 0 Å². The zero-order chi connectivity index (χ0) is 11.3. The third-order valence-electron chi connectivity index (χ3n) is 2.07. The van der Waals surface area contributed by atoms with Crippen molar-refractivity contribution in [2.24, 2.45) is 5.73 Å². The number of carbonyl (C=O) groups is 1. The Hall–Kier alpha value is -0.620. The summed E-state index contributed by atoms with van der Waals surface area (Å²) in [5.41, 5.74) is 7.31. The second-order valence-electron chi connectivity index (χ2n) is 3.40. The molecule has 0 fully saturated rings. The number of rotatable bonds is 4. The summed E-state index contributed by atoms with van der Waals surface area (Å²) < 4.78 is 1.17. The Bertz CT molecular complexity index is 352. The highest BCUT2D eigenvalue weighted by Crippen LogP contribution is 2.17. The molecule has 0 aliphatic heterocycles. The van der Waals surface area contributed by atoms with Crippen LogP contribution >= 0.6 is 22.6 Å². The molecule has 0 aliphatic rings. The molecule has 82 valence electrons. The van der Waals surface area contributed by atoms with Gasteiger partial charge in [-0.3, -0.25) is 4.79 Å². The maximum atomic E-state index is 11.4. The molecule has 0 atom stereocenters. The highest BCUT2D eigenvalue weighted by Gasteiger charge is 2.03. The minimum absolute atomic E-state index is 0.0322. The van der Waals surface area contributed by atoms with Crippen LogP contribution in [0, 0.1) is 10.5 Å². The average Bonchev–Trinajstić information content (AvgIpc) is 2.19. The average molecular weight is 318 g/mol. The molecular formula is C11H15IN2O. The molecule has 3 nitrogen and oxygen atoms in total. The summed E-state index contributed by atoms with van der Waals surface area (Å²) in [5.74, 6) is 0.0322. The Morgan fingerprint density at radius 1 is 1.53 bits per heavy atom. The van der Waals surface area contributed by atoms with Gasteiger partial charge in [-0.05, 0) is 66.2 Å². The third kappa shape index (κ3) is 4.17. The smallest absolute Gasteiger partial charge is 0.224 e. The number of halogens is 1. The monoisotopic (exact) mass is 318 g/mol. The van der Waals surface area contributed by atoms with Gasteiger partial charge in [0.1, 0.15) is 0 Å². The summed E-state index contributed by atoms with van der Waals surface area (Å²) >= 11 is 2.25. The number of benzene rings is 1. The van der Waals surface area contributed by atoms with Crippen molar-refractivity contribution in [3.8, 4) is 0 Å². The van der Waals surface area contributed by atoms with Crippen LogP contribution in [0.5, 0.6) is 0 Å². The van der Waals surface area contributed by atoms with Gasteiger partial charge in [0.2, 0.25) is 5.91 Å². The van der Waals surface area contributed by atoms with Crippen molar-refractivity contribution in [1.82, 2.24) is 0 Å². The van der Waals surface area contributed by atoms with E-state index in [0.29, 0.717) is 13.0 Å². The molecule has 3 N–H and O–H groups in total. The van der Waals surface area contributed by atoms with Gasteiger partial charge in [-0.2, -0.15) is 0 Å². The zero-order valence-electron chi connectivity index (χ0n) is 8.72. The predicted octanol–water partition coefficient (Wildman–Crippen LogP) is 2.28. The van der Waals surface area contributed by atoms with Crippen molar-refractivity contribution in [3.05, 3.63) is 27.3 Å². The standard InChI is InChI=1S/C11H15IN2O/c1-8-7-9(12)4-5-10(8)14-11(15)3-2-6-13/h4-5,7H,2-3,6,13H2,1H3,(H,14,15). The van der Waals surface area contributed by atoms with Crippen LogP contribution in [0.2, 0.25) is 0 Å². The summed E-state index contributed by atoms with van der Waals surface area (Å²) in [5, 5.41) is 2.87. The minimum atomic E-state index is 0.0322. The van der Waals surface area contributed by atoms with Crippen molar-refractivity contribution in [2.45, 2.75) is 19.8 Å². The van der Waals surface area contributed by atoms with Crippen LogP contribution in [0.15, 0.2) is 18.2 Å². The van der Waals surface area contributed by atoms with Crippen LogP contribution in [-0.4, -0.2) is 12.5 Å². The van der Waals surface area contributed by atoms with Gasteiger partial charge in [0.05, 0.1) is 0 Å². The van der Waals surface area contributed by atoms with Crippen LogP contribution in [-0.2, 0) is 4.79 Å². The number of nitrogens with one attached hydrogen (secondary N) is 1. The van der Waals surface area contributed by atoms with Crippen molar-refractivity contribution in [2.75, 3.05) is 11.9 Å². The van der Waals surface area contributed by atoms with Gasteiger partial charge in [0.25, 0.3) is 0 Å². The number of hydrogen-bond acceptors (Lipinski definition) is 2. The molecule has 0 aromatic heterocycles. The first-order valence-electron chi connectivity index (χ1n) is 4.89. The van der Waals surface area contributed by atoms with E-state index in [-0.39, 0.29) is 5.91 Å². The third-order valence-corrected chi connectivity index (χ3v) is 2.74. The number of carbonyl (C=O) groups excluding carboxylic acids is 1. The first-order chi connectivity index (χ1) is 7.13. The van der Waals surface area contributed by atoms with E-state index in [1.807, 2.05) is 25.1 Å². The maximum absolute atomic E-state index is 11.4. The molecule has 0 spiro atoms. The largest absolute Gasteiger partial charge is 0.330 e. The van der Waals surface area contributed by atoms with E-state index in [2.05, 4.69) is 27.9 Å². The summed E-state index contributed by atoms with van der Waals surface area (Å²) in [6.07, 6.45) is 1.22. The van der Waals surface area contributed by atoms with E-state index in [1.165, 1.54) is 3.57 Å². The Balaban J connectivity index is 2.60. The molecule has 0 radical (unpaired) electrons. The van der Waals surface area contributed by atoms with Crippen LogP contribution < -0.4 is 11.1 Å². The molecular weight excluding hydrogens is 303 g/mol. The van der Waals surface area contributed by atoms with Crippen molar-refractivity contribution in [1.29, 1.82) is 0 Å². The summed E-state index contributed by atoms with van der Waals surface area (Å²) in [6, 6.07) is 5.95. The molecule has 0 aliphatic carbocycles. The normalized spacial score (nSPS) is 10.1. The molecule has 0 heterocycles. The number of anilines is 1. The van der Waals surface area contributed by atoms with Gasteiger partial charge in [-0.1, -0.05) is 0 Å². The first-order valence-corrected chi connectivity index (χ1v) is 5.97. The van der Waals surface area contributed by atoms with Crippen molar-refractivity contribution < 1.29 is 4.79 Å². The highest BCUT2D eigenvalue weighted by atomic mass is 127. The lowest BCUT2D eigenvalue weighted by atomic mass is 10.2. The van der Waals surface area contributed by atoms with Crippen LogP contribution in [0.4, 0.5) is 5.69 Å². The van der Waals surface area contributed by atoms with Gasteiger partial charge < -0.3 is 11.1 Å². The van der Waals surface area contributed by atoms with E-state index in [1.54, 1.807) is 0 Å². The molecule has 0 unspecified atom stereocenters. The van der Waals surface area contributed by atoms with E-state index >= 15 is 0 Å². The topological polar surface area (TPSA) is 55.1 Å². The molecule has 1 aromatic rings. The zero-order valence-corrected chi connectivity index (χ0v) is 10.9. The minimum Gasteiger partial charge on any atom is -0.330 e. The number of amides is 1. The van der Waals surface area contributed by atoms with Gasteiger partial charge >= 0.3 is 0 Å². The Morgan fingerprint density at radius 3 is 2.87 bits per heavy atom. The number of nitrogens with two attached hydrogens (primary N) is 1. The lowest BCUT2D eigenvalue weighted by Gasteiger charge is -2.08. The molecule has 0 saturated carbocycles. The molecule has 4 heteroatoms. The van der Waals surface area contributed by atoms with E-state index in [9.17, 15) is 4.79 Å². The highest BCUT2D eigenvalue weighted by molar-refractivity contribution is 14.1. The van der Waals surface area contributed by atoms with Gasteiger partial charge in [0, 0.05) is 15.7 Å². The molecule has 0 saturated heterocycles. The Morgan fingerprint density at radius 2 is 2.27 bits per heavy atom. The fourth-order valence-electron chi connectivity index (χ4n) is 1.24. The fraction of sp³-hybridized carbons (Fsp3) is 0.364. The Labute approximate surface area is 104 Å². The predicted molar refractivity (Wildman–Crippen MR) is 70.8 cm³/mol. The van der Waals surface area contributed by atoms with Crippen molar-refractivity contribution in [3.63, 3.8) is 0 Å². The lowest BCUT2D eigenvalue weighted by Crippen LogP contribution is -2.14. The van der Waals surface area contributed by atoms with Gasteiger partial charge in [0.15, 0.2) is 0 Å². The fourth-order valence-corrected chi connectivity index (χ4v) is 1.89. The number of hydrogen-bond donors (Lipinski definition) is 2. The SMILES string of the molecule is Cc1cc(I)ccc1NC(=O)CCCN. The second-order valence-corrected chi connectivity index (χ2v) is 4.65. The van der Waals surface area contributed by atoms with E-state index in [0.717, 1.165) is 17.7 Å². The maximum Gasteiger partial charge on any atom is 0.224 e. The second kappa shape index (κ2) is 6.07. The molecule has 15 heavy (non-hydrogen) atoms. The van der Waals surface area contributed by atoms with Crippen LogP contribution in [0.1, 0.15) is 18.4 Å². The summed E-state index contributed by atoms with van der Waals surface area (Å²) in [7, 11) is 0. The number of aryl methyl sites for hydroxylation is 1. The molecule has 1 amide bonds. The van der Waals surface area contributed by atoms with Gasteiger partial charge in [-0.15, -0.1) is 0 Å². The lowest BCUT2D eigenvalue weighted by molar-refractivity contribution is -0.116. The molecule has 0 bridgehead atoms. The van der Waals surface area contributed by atoms with Gasteiger partial charge in [-0.25, -0.2) is 0 Å². The Kier molecular flexibility index (Phi) is 5.04. The van der Waals surface area contributed by atoms with Crippen LogP contribution in [0.3, 0.4) is 0 Å². The molecule has 1 rings (SSSR count). The summed E-state index contributed by atoms with van der Waals surface area (Å²) in [6.45, 7) is 2.54. The molecule has 1 aromatic carbocycles. The quantitative estimate of drug-likeness (QED) is 0.837. The first kappa shape index (κ1) is 12.4. The van der Waals surface area contributed by atoms with E-state index in [4.69, 9.17) is 5.73 Å². The summed E-state index contributed by atoms with van der Waals surface area (Å²) in [4.78, 5) is 11.4. The van der Waals surface area contributed by atoms with E-state index < -0.39 is 0 Å². The van der Waals surface area contributed by atoms with Crippen molar-refractivity contribution >= 4 is 34.2 Å².